The molecule has 0 spiro atoms. The number of rotatable bonds is 3. The first-order valence-corrected chi connectivity index (χ1v) is 7.75. The first-order chi connectivity index (χ1) is 11.1. The minimum Gasteiger partial charge on any atom is -0.338 e. The molecular weight excluding hydrogens is 297 g/mol. The minimum atomic E-state index is -0.425. The van der Waals surface area contributed by atoms with Gasteiger partial charge < -0.3 is 9.88 Å². The average molecular weight is 315 g/mol. The van der Waals surface area contributed by atoms with E-state index in [0.717, 1.165) is 6.42 Å². The van der Waals surface area contributed by atoms with Crippen molar-refractivity contribution in [1.29, 1.82) is 0 Å². The molecule has 0 bridgehead atoms. The summed E-state index contributed by atoms with van der Waals surface area (Å²) in [6.07, 6.45) is 1.77. The van der Waals surface area contributed by atoms with Crippen LogP contribution < -0.4 is 5.56 Å². The van der Waals surface area contributed by atoms with E-state index in [0.29, 0.717) is 30.6 Å². The van der Waals surface area contributed by atoms with Crippen LogP contribution in [0.3, 0.4) is 0 Å². The second kappa shape index (κ2) is 6.32. The van der Waals surface area contributed by atoms with E-state index in [1.54, 1.807) is 23.1 Å². The van der Waals surface area contributed by atoms with Crippen molar-refractivity contribution in [3.05, 3.63) is 51.7 Å². The Hall–Kier alpha value is -2.50. The molecule has 3 rings (SSSR count). The van der Waals surface area contributed by atoms with Crippen LogP contribution in [-0.4, -0.2) is 27.3 Å². The van der Waals surface area contributed by atoms with Gasteiger partial charge in [-0.3, -0.25) is 9.59 Å². The molecule has 0 saturated carbocycles. The van der Waals surface area contributed by atoms with E-state index < -0.39 is 5.82 Å². The number of amides is 1. The molecule has 0 aliphatic carbocycles. The molecule has 23 heavy (non-hydrogen) atoms. The Balaban J connectivity index is 1.95. The molecule has 1 amide bonds. The summed E-state index contributed by atoms with van der Waals surface area (Å²) in [6, 6.07) is 6.20. The summed E-state index contributed by atoms with van der Waals surface area (Å²) in [5.74, 6) is -0.137. The molecular formula is C17H18FN3O2. The van der Waals surface area contributed by atoms with Crippen LogP contribution >= 0.6 is 0 Å². The highest BCUT2D eigenvalue weighted by Crippen LogP contribution is 2.21. The highest BCUT2D eigenvalue weighted by atomic mass is 19.1. The lowest BCUT2D eigenvalue weighted by Gasteiger charge is -2.27. The molecule has 2 aromatic rings. The third kappa shape index (κ3) is 3.02. The number of hydrogen-bond acceptors (Lipinski definition) is 3. The molecule has 0 atom stereocenters. The number of nitrogens with zero attached hydrogens (tertiary/aromatic N) is 2. The van der Waals surface area contributed by atoms with E-state index in [9.17, 15) is 14.0 Å². The molecule has 0 unspecified atom stereocenters. The predicted octanol–water partition coefficient (Wildman–Crippen LogP) is 2.26. The highest BCUT2D eigenvalue weighted by Gasteiger charge is 2.24. The predicted molar refractivity (Wildman–Crippen MR) is 84.3 cm³/mol. The van der Waals surface area contributed by atoms with Crippen LogP contribution in [0, 0.1) is 5.82 Å². The topological polar surface area (TPSA) is 66.1 Å². The summed E-state index contributed by atoms with van der Waals surface area (Å²) >= 11 is 0. The van der Waals surface area contributed by atoms with Gasteiger partial charge in [-0.2, -0.15) is 0 Å². The number of benzene rings is 1. The van der Waals surface area contributed by atoms with Crippen molar-refractivity contribution >= 4 is 5.91 Å². The number of halogens is 1. The fourth-order valence-corrected chi connectivity index (χ4v) is 2.79. The van der Waals surface area contributed by atoms with Crippen LogP contribution in [0.5, 0.6) is 0 Å². The van der Waals surface area contributed by atoms with Gasteiger partial charge in [0.05, 0.1) is 23.4 Å². The Bertz CT molecular complexity index is 801. The molecule has 1 aliphatic rings. The van der Waals surface area contributed by atoms with Gasteiger partial charge in [-0.25, -0.2) is 9.37 Å². The second-order valence-electron chi connectivity index (χ2n) is 5.63. The molecule has 1 N–H and O–H groups in total. The number of aromatic amines is 1. The molecule has 120 valence electrons. The lowest BCUT2D eigenvalue weighted by Crippen LogP contribution is -2.39. The van der Waals surface area contributed by atoms with Crippen LogP contribution in [0.2, 0.25) is 0 Å². The van der Waals surface area contributed by atoms with Crippen molar-refractivity contribution in [2.45, 2.75) is 32.7 Å². The van der Waals surface area contributed by atoms with Gasteiger partial charge in [0.15, 0.2) is 0 Å². The largest absolute Gasteiger partial charge is 0.338 e. The van der Waals surface area contributed by atoms with Gasteiger partial charge in [-0.05, 0) is 18.6 Å². The Labute approximate surface area is 133 Å². The van der Waals surface area contributed by atoms with Crippen LogP contribution in [0.25, 0.3) is 11.4 Å². The number of H-pyrrole nitrogens is 1. The van der Waals surface area contributed by atoms with Gasteiger partial charge in [0.1, 0.15) is 11.6 Å². The van der Waals surface area contributed by atoms with Gasteiger partial charge in [-0.15, -0.1) is 0 Å². The third-order valence-electron chi connectivity index (χ3n) is 4.01. The summed E-state index contributed by atoms with van der Waals surface area (Å²) in [6.45, 7) is 2.76. The number of carbonyl (C=O) groups excluding carboxylic acids is 1. The van der Waals surface area contributed by atoms with E-state index >= 15 is 0 Å². The molecule has 1 aliphatic heterocycles. The fourth-order valence-electron chi connectivity index (χ4n) is 2.79. The molecule has 1 aromatic heterocycles. The van der Waals surface area contributed by atoms with Crippen LogP contribution in [-0.2, 0) is 17.8 Å². The van der Waals surface area contributed by atoms with Crippen LogP contribution in [0.1, 0.15) is 31.0 Å². The Morgan fingerprint density at radius 1 is 1.39 bits per heavy atom. The number of carbonyl (C=O) groups is 1. The van der Waals surface area contributed by atoms with Gasteiger partial charge in [0.2, 0.25) is 5.91 Å². The smallest absolute Gasteiger partial charge is 0.256 e. The van der Waals surface area contributed by atoms with Gasteiger partial charge in [0.25, 0.3) is 5.56 Å². The maximum Gasteiger partial charge on any atom is 0.256 e. The van der Waals surface area contributed by atoms with E-state index in [1.807, 2.05) is 6.92 Å². The maximum atomic E-state index is 13.9. The Morgan fingerprint density at radius 2 is 2.17 bits per heavy atom. The van der Waals surface area contributed by atoms with E-state index in [-0.39, 0.29) is 29.4 Å². The molecule has 0 fully saturated rings. The number of nitrogens with one attached hydrogen (secondary N) is 1. The standard InChI is InChI=1S/C17H18FN3O2/c1-2-5-15(22)21-9-8-14-12(10-21)17(23)20-16(19-14)11-6-3-4-7-13(11)18/h3-4,6-7H,2,5,8-10H2,1H3,(H,19,20,23). The number of fused-ring (bicyclic) bond motifs is 1. The normalized spacial score (nSPS) is 13.7. The number of aromatic nitrogens is 2. The van der Waals surface area contributed by atoms with Crippen molar-refractivity contribution in [3.63, 3.8) is 0 Å². The van der Waals surface area contributed by atoms with Crippen LogP contribution in [0.4, 0.5) is 4.39 Å². The number of hydrogen-bond donors (Lipinski definition) is 1. The fraction of sp³-hybridized carbons (Fsp3) is 0.353. The summed E-state index contributed by atoms with van der Waals surface area (Å²) < 4.78 is 13.9. The Kier molecular flexibility index (Phi) is 4.23. The zero-order valence-electron chi connectivity index (χ0n) is 12.9. The highest BCUT2D eigenvalue weighted by molar-refractivity contribution is 5.76. The first-order valence-electron chi connectivity index (χ1n) is 7.75. The van der Waals surface area contributed by atoms with Crippen molar-refractivity contribution in [3.8, 4) is 11.4 Å². The molecule has 2 heterocycles. The summed E-state index contributed by atoms with van der Waals surface area (Å²) in [5.41, 5.74) is 1.12. The molecule has 0 radical (unpaired) electrons. The van der Waals surface area contributed by atoms with E-state index in [2.05, 4.69) is 9.97 Å². The van der Waals surface area contributed by atoms with Crippen molar-refractivity contribution in [2.75, 3.05) is 6.54 Å². The average Bonchev–Trinajstić information content (AvgIpc) is 2.55. The summed E-state index contributed by atoms with van der Waals surface area (Å²) in [7, 11) is 0. The SMILES string of the molecule is CCCC(=O)N1CCc2nc(-c3ccccc3F)[nH]c(=O)c2C1. The molecule has 1 aromatic carbocycles. The monoisotopic (exact) mass is 315 g/mol. The lowest BCUT2D eigenvalue weighted by molar-refractivity contribution is -0.132. The van der Waals surface area contributed by atoms with Crippen molar-refractivity contribution < 1.29 is 9.18 Å². The maximum absolute atomic E-state index is 13.9. The van der Waals surface area contributed by atoms with Crippen molar-refractivity contribution in [2.24, 2.45) is 0 Å². The molecule has 6 heteroatoms. The van der Waals surface area contributed by atoms with Crippen molar-refractivity contribution in [1.82, 2.24) is 14.9 Å². The van der Waals surface area contributed by atoms with Crippen LogP contribution in [0.15, 0.2) is 29.1 Å². The zero-order chi connectivity index (χ0) is 16.4. The van der Waals surface area contributed by atoms with Gasteiger partial charge in [0, 0.05) is 19.4 Å². The molecule has 0 saturated heterocycles. The lowest BCUT2D eigenvalue weighted by atomic mass is 10.1. The van der Waals surface area contributed by atoms with Gasteiger partial charge >= 0.3 is 0 Å². The summed E-state index contributed by atoms with van der Waals surface area (Å²) in [5, 5.41) is 0. The quantitative estimate of drug-likeness (QED) is 0.945. The first kappa shape index (κ1) is 15.4. The van der Waals surface area contributed by atoms with E-state index in [4.69, 9.17) is 0 Å². The second-order valence-corrected chi connectivity index (χ2v) is 5.63. The van der Waals surface area contributed by atoms with Gasteiger partial charge in [-0.1, -0.05) is 19.1 Å². The van der Waals surface area contributed by atoms with E-state index in [1.165, 1.54) is 6.07 Å². The third-order valence-corrected chi connectivity index (χ3v) is 4.01. The minimum absolute atomic E-state index is 0.0516. The Morgan fingerprint density at radius 3 is 2.91 bits per heavy atom. The molecule has 5 nitrogen and oxygen atoms in total. The summed E-state index contributed by atoms with van der Waals surface area (Å²) in [4.78, 5) is 33.1. The zero-order valence-corrected chi connectivity index (χ0v) is 12.9.